The quantitative estimate of drug-likeness (QED) is 0.758. The molecule has 0 fully saturated rings. The van der Waals surface area contributed by atoms with Crippen molar-refractivity contribution < 1.29 is 5.11 Å². The molecule has 104 valence electrons. The van der Waals surface area contributed by atoms with Crippen LogP contribution in [0.3, 0.4) is 0 Å². The molecule has 2 aromatic heterocycles. The van der Waals surface area contributed by atoms with Crippen molar-refractivity contribution >= 4 is 32.8 Å². The molecule has 5 heteroatoms. The molecule has 20 heavy (non-hydrogen) atoms. The lowest BCUT2D eigenvalue weighted by Gasteiger charge is -2.09. The van der Waals surface area contributed by atoms with Gasteiger partial charge in [0.1, 0.15) is 6.10 Å². The number of thiazole rings is 1. The molecular weight excluding hydrogens is 288 g/mol. The molecule has 0 bridgehead atoms. The fraction of sp³-hybridized carbons (Fsp3) is 0.267. The summed E-state index contributed by atoms with van der Waals surface area (Å²) in [7, 11) is 0. The normalized spacial score (nSPS) is 12.9. The van der Waals surface area contributed by atoms with Crippen LogP contribution in [0.5, 0.6) is 0 Å². The zero-order valence-electron chi connectivity index (χ0n) is 11.2. The summed E-state index contributed by atoms with van der Waals surface area (Å²) in [5.41, 5.74) is 2.92. The smallest absolute Gasteiger partial charge is 0.101 e. The Kier molecular flexibility index (Phi) is 4.12. The van der Waals surface area contributed by atoms with Crippen molar-refractivity contribution in [3.05, 3.63) is 51.3 Å². The summed E-state index contributed by atoms with van der Waals surface area (Å²) in [6.45, 7) is 3.33. The van der Waals surface area contributed by atoms with E-state index in [1.807, 2.05) is 24.6 Å². The lowest BCUT2D eigenvalue weighted by molar-refractivity contribution is 0.178. The molecule has 0 saturated heterocycles. The van der Waals surface area contributed by atoms with Crippen LogP contribution in [0.15, 0.2) is 35.8 Å². The predicted molar refractivity (Wildman–Crippen MR) is 85.3 cm³/mol. The highest BCUT2D eigenvalue weighted by atomic mass is 32.1. The first-order valence-electron chi connectivity index (χ1n) is 6.50. The molecule has 0 aliphatic rings. The minimum absolute atomic E-state index is 0.458. The van der Waals surface area contributed by atoms with Gasteiger partial charge in [-0.05, 0) is 24.4 Å². The molecule has 3 nitrogen and oxygen atoms in total. The fourth-order valence-corrected chi connectivity index (χ4v) is 3.88. The minimum atomic E-state index is -0.458. The molecule has 0 spiro atoms. The van der Waals surface area contributed by atoms with Crippen molar-refractivity contribution in [2.24, 2.45) is 0 Å². The lowest BCUT2D eigenvalue weighted by Crippen LogP contribution is -2.20. The van der Waals surface area contributed by atoms with Gasteiger partial charge in [0, 0.05) is 27.5 Å². The summed E-state index contributed by atoms with van der Waals surface area (Å²) in [6, 6.07) is 10.3. The van der Waals surface area contributed by atoms with E-state index in [9.17, 15) is 5.11 Å². The van der Waals surface area contributed by atoms with E-state index in [0.717, 1.165) is 17.1 Å². The molecule has 0 aliphatic heterocycles. The van der Waals surface area contributed by atoms with Crippen molar-refractivity contribution in [2.75, 3.05) is 6.54 Å². The topological polar surface area (TPSA) is 45.2 Å². The molecule has 3 aromatic rings. The first-order chi connectivity index (χ1) is 9.74. The van der Waals surface area contributed by atoms with Gasteiger partial charge in [0.05, 0.1) is 11.2 Å². The SMILES string of the molecule is Cc1ncsc1CNCC(O)c1cc2ccccc2s1. The zero-order valence-corrected chi connectivity index (χ0v) is 12.8. The molecule has 0 amide bonds. The van der Waals surface area contributed by atoms with Crippen molar-refractivity contribution in [3.8, 4) is 0 Å². The molecule has 0 radical (unpaired) electrons. The average molecular weight is 304 g/mol. The molecule has 2 N–H and O–H groups in total. The maximum atomic E-state index is 10.3. The van der Waals surface area contributed by atoms with E-state index in [1.165, 1.54) is 15.0 Å². The van der Waals surface area contributed by atoms with Crippen LogP contribution in [0.1, 0.15) is 21.6 Å². The number of nitrogens with zero attached hydrogens (tertiary/aromatic N) is 1. The number of fused-ring (bicyclic) bond motifs is 1. The van der Waals surface area contributed by atoms with E-state index in [1.54, 1.807) is 22.7 Å². The molecule has 0 saturated carbocycles. The summed E-state index contributed by atoms with van der Waals surface area (Å²) in [5.74, 6) is 0. The van der Waals surface area contributed by atoms with E-state index in [2.05, 4.69) is 28.5 Å². The van der Waals surface area contributed by atoms with Crippen molar-refractivity contribution in [1.29, 1.82) is 0 Å². The van der Waals surface area contributed by atoms with Gasteiger partial charge in [-0.2, -0.15) is 0 Å². The standard InChI is InChI=1S/C15H16N2OS2/c1-10-15(19-9-17-10)8-16-7-12(18)14-6-11-4-2-3-5-13(11)20-14/h2-6,9,12,16,18H,7-8H2,1H3. The zero-order chi connectivity index (χ0) is 13.9. The summed E-state index contributed by atoms with van der Waals surface area (Å²) in [6.07, 6.45) is -0.458. The van der Waals surface area contributed by atoms with Crippen LogP contribution in [0.4, 0.5) is 0 Å². The molecule has 0 aliphatic carbocycles. The van der Waals surface area contributed by atoms with Gasteiger partial charge < -0.3 is 10.4 Å². The molecule has 1 atom stereocenters. The predicted octanol–water partition coefficient (Wildman–Crippen LogP) is 3.49. The summed E-state index contributed by atoms with van der Waals surface area (Å²) < 4.78 is 1.22. The van der Waals surface area contributed by atoms with E-state index in [0.29, 0.717) is 6.54 Å². The number of thiophene rings is 1. The van der Waals surface area contributed by atoms with Gasteiger partial charge in [-0.25, -0.2) is 4.98 Å². The Labute approximate surface area is 125 Å². The molecular formula is C15H16N2OS2. The number of nitrogens with one attached hydrogen (secondary N) is 1. The van der Waals surface area contributed by atoms with Gasteiger partial charge in [0.2, 0.25) is 0 Å². The van der Waals surface area contributed by atoms with Gasteiger partial charge in [0.15, 0.2) is 0 Å². The third-order valence-corrected chi connectivity index (χ3v) is 5.39. The van der Waals surface area contributed by atoms with Gasteiger partial charge in [0.25, 0.3) is 0 Å². The maximum absolute atomic E-state index is 10.3. The van der Waals surface area contributed by atoms with E-state index in [-0.39, 0.29) is 0 Å². The van der Waals surface area contributed by atoms with Crippen LogP contribution in [0, 0.1) is 6.92 Å². The fourth-order valence-electron chi connectivity index (χ4n) is 2.09. The van der Waals surface area contributed by atoms with Gasteiger partial charge in [-0.15, -0.1) is 22.7 Å². The Morgan fingerprint density at radius 2 is 2.20 bits per heavy atom. The Morgan fingerprint density at radius 3 is 2.95 bits per heavy atom. The Balaban J connectivity index is 1.61. The Hall–Kier alpha value is -1.27. The van der Waals surface area contributed by atoms with Crippen LogP contribution in [0.25, 0.3) is 10.1 Å². The number of aliphatic hydroxyl groups excluding tert-OH is 1. The van der Waals surface area contributed by atoms with Crippen molar-refractivity contribution in [1.82, 2.24) is 10.3 Å². The summed E-state index contributed by atoms with van der Waals surface area (Å²) in [5, 5.41) is 14.8. The number of aromatic nitrogens is 1. The third-order valence-electron chi connectivity index (χ3n) is 3.24. The second kappa shape index (κ2) is 6.01. The van der Waals surface area contributed by atoms with Crippen LogP contribution >= 0.6 is 22.7 Å². The third kappa shape index (κ3) is 2.91. The first kappa shape index (κ1) is 13.7. The highest BCUT2D eigenvalue weighted by molar-refractivity contribution is 7.19. The van der Waals surface area contributed by atoms with Crippen molar-refractivity contribution in [2.45, 2.75) is 19.6 Å². The second-order valence-electron chi connectivity index (χ2n) is 4.69. The van der Waals surface area contributed by atoms with Gasteiger partial charge in [-0.1, -0.05) is 18.2 Å². The summed E-state index contributed by atoms with van der Waals surface area (Å²) in [4.78, 5) is 6.46. The lowest BCUT2D eigenvalue weighted by atomic mass is 10.2. The van der Waals surface area contributed by atoms with Crippen LogP contribution in [-0.4, -0.2) is 16.6 Å². The van der Waals surface area contributed by atoms with E-state index >= 15 is 0 Å². The number of benzene rings is 1. The minimum Gasteiger partial charge on any atom is -0.386 e. The summed E-state index contributed by atoms with van der Waals surface area (Å²) >= 11 is 3.30. The van der Waals surface area contributed by atoms with Crippen LogP contribution < -0.4 is 5.32 Å². The van der Waals surface area contributed by atoms with Crippen LogP contribution in [-0.2, 0) is 6.54 Å². The number of aryl methyl sites for hydroxylation is 1. The highest BCUT2D eigenvalue weighted by Crippen LogP contribution is 2.29. The Bertz CT molecular complexity index is 672. The first-order valence-corrected chi connectivity index (χ1v) is 8.20. The van der Waals surface area contributed by atoms with Gasteiger partial charge >= 0.3 is 0 Å². The van der Waals surface area contributed by atoms with Crippen LogP contribution in [0.2, 0.25) is 0 Å². The second-order valence-corrected chi connectivity index (χ2v) is 6.75. The van der Waals surface area contributed by atoms with E-state index in [4.69, 9.17) is 0 Å². The molecule has 1 unspecified atom stereocenters. The molecule has 1 aromatic carbocycles. The maximum Gasteiger partial charge on any atom is 0.101 e. The Morgan fingerprint density at radius 1 is 1.35 bits per heavy atom. The monoisotopic (exact) mass is 304 g/mol. The number of rotatable bonds is 5. The number of aliphatic hydroxyl groups is 1. The van der Waals surface area contributed by atoms with E-state index < -0.39 is 6.10 Å². The highest BCUT2D eigenvalue weighted by Gasteiger charge is 2.11. The number of hydrogen-bond acceptors (Lipinski definition) is 5. The molecule has 3 rings (SSSR count). The van der Waals surface area contributed by atoms with Gasteiger partial charge in [-0.3, -0.25) is 0 Å². The molecule has 2 heterocycles. The average Bonchev–Trinajstić information content (AvgIpc) is 3.05. The van der Waals surface area contributed by atoms with Crippen molar-refractivity contribution in [3.63, 3.8) is 0 Å². The number of hydrogen-bond donors (Lipinski definition) is 2. The largest absolute Gasteiger partial charge is 0.386 e.